The SMILES string of the molecule is CC(c1ccccc1)N1CSC(=S)N(C(C)c2ccccc2)C1. The van der Waals surface area contributed by atoms with Gasteiger partial charge in [0.05, 0.1) is 18.6 Å². The van der Waals surface area contributed by atoms with Gasteiger partial charge in [0.2, 0.25) is 0 Å². The van der Waals surface area contributed by atoms with Gasteiger partial charge in [-0.15, -0.1) is 0 Å². The van der Waals surface area contributed by atoms with Gasteiger partial charge in [-0.05, 0) is 25.0 Å². The normalized spacial score (nSPS) is 18.7. The molecule has 1 heterocycles. The molecule has 1 fully saturated rings. The lowest BCUT2D eigenvalue weighted by atomic mass is 10.1. The Kier molecular flexibility index (Phi) is 5.36. The van der Waals surface area contributed by atoms with Gasteiger partial charge in [-0.2, -0.15) is 0 Å². The minimum Gasteiger partial charge on any atom is -0.338 e. The molecule has 0 amide bonds. The highest BCUT2D eigenvalue weighted by atomic mass is 32.2. The van der Waals surface area contributed by atoms with Gasteiger partial charge in [0, 0.05) is 6.04 Å². The fourth-order valence-corrected chi connectivity index (χ4v) is 4.22. The quantitative estimate of drug-likeness (QED) is 0.716. The summed E-state index contributed by atoms with van der Waals surface area (Å²) in [4.78, 5) is 4.81. The summed E-state index contributed by atoms with van der Waals surface area (Å²) in [6, 6.07) is 22.0. The summed E-state index contributed by atoms with van der Waals surface area (Å²) < 4.78 is 0.998. The Bertz CT molecular complexity index is 645. The van der Waals surface area contributed by atoms with Gasteiger partial charge in [0.1, 0.15) is 4.32 Å². The van der Waals surface area contributed by atoms with Crippen molar-refractivity contribution in [3.05, 3.63) is 71.8 Å². The van der Waals surface area contributed by atoms with Crippen molar-refractivity contribution in [2.75, 3.05) is 12.5 Å². The van der Waals surface area contributed by atoms with E-state index >= 15 is 0 Å². The Balaban J connectivity index is 1.76. The minimum atomic E-state index is 0.293. The number of thioether (sulfide) groups is 1. The van der Waals surface area contributed by atoms with Crippen molar-refractivity contribution < 1.29 is 0 Å². The number of thiocarbonyl (C=S) groups is 1. The summed E-state index contributed by atoms with van der Waals surface area (Å²) in [6.07, 6.45) is 0. The van der Waals surface area contributed by atoms with Crippen molar-refractivity contribution in [2.45, 2.75) is 25.9 Å². The molecule has 0 aliphatic carbocycles. The van der Waals surface area contributed by atoms with E-state index in [0.717, 1.165) is 16.9 Å². The van der Waals surface area contributed by atoms with Crippen LogP contribution in [0.1, 0.15) is 37.1 Å². The van der Waals surface area contributed by atoms with Crippen LogP contribution in [0.25, 0.3) is 0 Å². The minimum absolute atomic E-state index is 0.293. The molecule has 2 aromatic rings. The van der Waals surface area contributed by atoms with E-state index in [1.54, 1.807) is 11.8 Å². The molecule has 0 saturated carbocycles. The Hall–Kier alpha value is -1.36. The van der Waals surface area contributed by atoms with E-state index in [4.69, 9.17) is 12.2 Å². The maximum atomic E-state index is 5.62. The van der Waals surface area contributed by atoms with Crippen LogP contribution in [0.3, 0.4) is 0 Å². The van der Waals surface area contributed by atoms with Crippen LogP contribution in [0.5, 0.6) is 0 Å². The van der Waals surface area contributed by atoms with Crippen LogP contribution in [0.2, 0.25) is 0 Å². The zero-order valence-corrected chi connectivity index (χ0v) is 15.2. The Morgan fingerprint density at radius 1 is 0.870 bits per heavy atom. The predicted molar refractivity (Wildman–Crippen MR) is 103 cm³/mol. The maximum Gasteiger partial charge on any atom is 0.139 e. The highest BCUT2D eigenvalue weighted by Crippen LogP contribution is 2.32. The lowest BCUT2D eigenvalue weighted by molar-refractivity contribution is 0.144. The molecule has 1 aliphatic heterocycles. The predicted octanol–water partition coefficient (Wildman–Crippen LogP) is 5.06. The van der Waals surface area contributed by atoms with Crippen molar-refractivity contribution in [3.8, 4) is 0 Å². The first-order valence-electron chi connectivity index (χ1n) is 7.94. The van der Waals surface area contributed by atoms with E-state index in [2.05, 4.69) is 84.3 Å². The topological polar surface area (TPSA) is 6.48 Å². The van der Waals surface area contributed by atoms with Crippen molar-refractivity contribution in [3.63, 3.8) is 0 Å². The fraction of sp³-hybridized carbons (Fsp3) is 0.316. The summed E-state index contributed by atoms with van der Waals surface area (Å²) >= 11 is 7.39. The van der Waals surface area contributed by atoms with E-state index in [9.17, 15) is 0 Å². The molecule has 2 unspecified atom stereocenters. The summed E-state index contributed by atoms with van der Waals surface area (Å²) in [6.45, 7) is 5.38. The fourth-order valence-electron chi connectivity index (χ4n) is 2.88. The second-order valence-corrected chi connectivity index (χ2v) is 7.49. The lowest BCUT2D eigenvalue weighted by Crippen LogP contribution is -2.46. The Labute approximate surface area is 148 Å². The Morgan fingerprint density at radius 3 is 1.96 bits per heavy atom. The molecule has 1 saturated heterocycles. The molecule has 0 spiro atoms. The van der Waals surface area contributed by atoms with Gasteiger partial charge in [-0.25, -0.2) is 0 Å². The molecule has 3 rings (SSSR count). The lowest BCUT2D eigenvalue weighted by Gasteiger charge is -2.42. The van der Waals surface area contributed by atoms with Gasteiger partial charge >= 0.3 is 0 Å². The molecular weight excluding hydrogens is 320 g/mol. The average Bonchev–Trinajstić information content (AvgIpc) is 2.62. The molecular formula is C19H22N2S2. The number of rotatable bonds is 4. The van der Waals surface area contributed by atoms with Crippen LogP contribution in [0, 0.1) is 0 Å². The van der Waals surface area contributed by atoms with Crippen LogP contribution in [0.4, 0.5) is 0 Å². The second-order valence-electron chi connectivity index (χ2n) is 5.91. The van der Waals surface area contributed by atoms with Gasteiger partial charge in [0.25, 0.3) is 0 Å². The molecule has 4 heteroatoms. The molecule has 0 N–H and O–H groups in total. The summed E-state index contributed by atoms with van der Waals surface area (Å²) in [5, 5.41) is 0. The van der Waals surface area contributed by atoms with Crippen LogP contribution in [-0.4, -0.2) is 26.7 Å². The van der Waals surface area contributed by atoms with Crippen molar-refractivity contribution in [2.24, 2.45) is 0 Å². The van der Waals surface area contributed by atoms with Gasteiger partial charge < -0.3 is 4.90 Å². The van der Waals surface area contributed by atoms with E-state index < -0.39 is 0 Å². The molecule has 2 atom stereocenters. The zero-order chi connectivity index (χ0) is 16.2. The van der Waals surface area contributed by atoms with E-state index in [-0.39, 0.29) is 0 Å². The van der Waals surface area contributed by atoms with Crippen LogP contribution < -0.4 is 0 Å². The maximum absolute atomic E-state index is 5.62. The van der Waals surface area contributed by atoms with Crippen LogP contribution in [-0.2, 0) is 0 Å². The second kappa shape index (κ2) is 7.47. The monoisotopic (exact) mass is 342 g/mol. The molecule has 2 nitrogen and oxygen atoms in total. The number of hydrogen-bond acceptors (Lipinski definition) is 3. The van der Waals surface area contributed by atoms with Crippen molar-refractivity contribution >= 4 is 28.3 Å². The largest absolute Gasteiger partial charge is 0.338 e. The van der Waals surface area contributed by atoms with E-state index in [1.165, 1.54) is 11.1 Å². The third-order valence-corrected chi connectivity index (χ3v) is 6.03. The number of benzene rings is 2. The zero-order valence-electron chi connectivity index (χ0n) is 13.6. The average molecular weight is 343 g/mol. The van der Waals surface area contributed by atoms with E-state index in [0.29, 0.717) is 12.1 Å². The van der Waals surface area contributed by atoms with Gasteiger partial charge in [-0.1, -0.05) is 84.6 Å². The summed E-state index contributed by atoms with van der Waals surface area (Å²) in [7, 11) is 0. The summed E-state index contributed by atoms with van der Waals surface area (Å²) in [5.41, 5.74) is 2.66. The molecule has 23 heavy (non-hydrogen) atoms. The van der Waals surface area contributed by atoms with Crippen molar-refractivity contribution in [1.82, 2.24) is 9.80 Å². The first-order valence-corrected chi connectivity index (χ1v) is 9.33. The third-order valence-electron chi connectivity index (χ3n) is 4.50. The number of nitrogens with zero attached hydrogens (tertiary/aromatic N) is 2. The molecule has 0 bridgehead atoms. The summed E-state index contributed by atoms with van der Waals surface area (Å²) in [5.74, 6) is 0.951. The van der Waals surface area contributed by atoms with Crippen LogP contribution in [0.15, 0.2) is 60.7 Å². The highest BCUT2D eigenvalue weighted by Gasteiger charge is 2.29. The first-order chi connectivity index (χ1) is 11.2. The smallest absolute Gasteiger partial charge is 0.139 e. The standard InChI is InChI=1S/C19H22N2S2/c1-15(17-9-5-3-6-10-17)20-13-21(19(22)23-14-20)16(2)18-11-7-4-8-12-18/h3-12,15-16H,13-14H2,1-2H3. The van der Waals surface area contributed by atoms with E-state index in [1.807, 2.05) is 0 Å². The van der Waals surface area contributed by atoms with Gasteiger partial charge in [0.15, 0.2) is 0 Å². The van der Waals surface area contributed by atoms with Crippen LogP contribution >= 0.6 is 24.0 Å². The molecule has 0 radical (unpaired) electrons. The molecule has 2 aromatic carbocycles. The first kappa shape index (κ1) is 16.5. The molecule has 1 aliphatic rings. The van der Waals surface area contributed by atoms with Gasteiger partial charge in [-0.3, -0.25) is 4.90 Å². The number of hydrogen-bond donors (Lipinski definition) is 0. The molecule has 120 valence electrons. The third kappa shape index (κ3) is 3.77. The van der Waals surface area contributed by atoms with Crippen molar-refractivity contribution in [1.29, 1.82) is 0 Å². The molecule has 0 aromatic heterocycles. The highest BCUT2D eigenvalue weighted by molar-refractivity contribution is 8.22. The Morgan fingerprint density at radius 2 is 1.39 bits per heavy atom.